The summed E-state index contributed by atoms with van der Waals surface area (Å²) < 4.78 is 5.35. The molecule has 1 amide bonds. The number of benzene rings is 2. The van der Waals surface area contributed by atoms with E-state index in [1.807, 2.05) is 37.3 Å². The Kier molecular flexibility index (Phi) is 5.72. The van der Waals surface area contributed by atoms with Crippen LogP contribution in [0, 0.1) is 0 Å². The highest BCUT2D eigenvalue weighted by Gasteiger charge is 2.03. The fourth-order valence-corrected chi connectivity index (χ4v) is 1.89. The molecule has 4 heteroatoms. The lowest BCUT2D eigenvalue weighted by atomic mass is 10.1. The van der Waals surface area contributed by atoms with Crippen molar-refractivity contribution in [2.45, 2.75) is 20.3 Å². The molecule has 0 aliphatic heterocycles. The zero-order valence-electron chi connectivity index (χ0n) is 12.9. The van der Waals surface area contributed by atoms with Crippen molar-refractivity contribution in [3.63, 3.8) is 0 Å². The van der Waals surface area contributed by atoms with Crippen LogP contribution in [0.2, 0.25) is 0 Å². The van der Waals surface area contributed by atoms with Crippen LogP contribution in [0.25, 0.3) is 0 Å². The summed E-state index contributed by atoms with van der Waals surface area (Å²) in [4.78, 5) is 11.7. The molecule has 114 valence electrons. The second-order valence-corrected chi connectivity index (χ2v) is 4.88. The van der Waals surface area contributed by atoms with Crippen molar-refractivity contribution in [1.82, 2.24) is 5.43 Å². The van der Waals surface area contributed by atoms with E-state index in [1.54, 1.807) is 12.1 Å². The van der Waals surface area contributed by atoms with E-state index in [0.717, 1.165) is 17.7 Å². The first-order valence-electron chi connectivity index (χ1n) is 7.29. The summed E-state index contributed by atoms with van der Waals surface area (Å²) in [6, 6.07) is 17.3. The third-order valence-electron chi connectivity index (χ3n) is 3.24. The average molecular weight is 296 g/mol. The third kappa shape index (κ3) is 4.74. The van der Waals surface area contributed by atoms with Crippen LogP contribution in [-0.2, 0) is 11.2 Å². The lowest BCUT2D eigenvalue weighted by Crippen LogP contribution is -2.25. The molecule has 0 heterocycles. The first-order valence-corrected chi connectivity index (χ1v) is 7.29. The van der Waals surface area contributed by atoms with E-state index >= 15 is 0 Å². The Balaban J connectivity index is 1.85. The number of hydrogen-bond donors (Lipinski definition) is 1. The molecular formula is C18H20N2O2. The molecule has 1 N–H and O–H groups in total. The number of carbonyl (C=O) groups is 1. The molecule has 0 spiro atoms. The minimum absolute atomic E-state index is 0.0600. The summed E-state index contributed by atoms with van der Waals surface area (Å²) in [6.45, 7) is 3.91. The van der Waals surface area contributed by atoms with Gasteiger partial charge in [0.1, 0.15) is 5.75 Å². The predicted octanol–water partition coefficient (Wildman–Crippen LogP) is 3.17. The maximum Gasteiger partial charge on any atom is 0.277 e. The number of aryl methyl sites for hydroxylation is 1. The lowest BCUT2D eigenvalue weighted by molar-refractivity contribution is -0.123. The van der Waals surface area contributed by atoms with Crippen LogP contribution >= 0.6 is 0 Å². The molecule has 0 atom stereocenters. The molecule has 2 aromatic rings. The second-order valence-electron chi connectivity index (χ2n) is 4.88. The van der Waals surface area contributed by atoms with E-state index in [-0.39, 0.29) is 12.5 Å². The van der Waals surface area contributed by atoms with E-state index in [4.69, 9.17) is 4.74 Å². The number of ether oxygens (including phenoxy) is 1. The standard InChI is InChI=1S/C18H20N2O2/c1-3-15-9-11-16(12-10-15)14(2)19-20-18(21)13-22-17-7-5-4-6-8-17/h4-12H,3,13H2,1-2H3,(H,20,21)/b19-14+. The van der Waals surface area contributed by atoms with Crippen molar-refractivity contribution in [2.24, 2.45) is 5.10 Å². The van der Waals surface area contributed by atoms with Gasteiger partial charge < -0.3 is 4.74 Å². The summed E-state index contributed by atoms with van der Waals surface area (Å²) in [5, 5.41) is 4.10. The van der Waals surface area contributed by atoms with Gasteiger partial charge >= 0.3 is 0 Å². The zero-order chi connectivity index (χ0) is 15.8. The maximum atomic E-state index is 11.7. The quantitative estimate of drug-likeness (QED) is 0.657. The molecule has 0 saturated carbocycles. The largest absolute Gasteiger partial charge is 0.484 e. The van der Waals surface area contributed by atoms with Crippen molar-refractivity contribution < 1.29 is 9.53 Å². The molecule has 0 aliphatic carbocycles. The Hall–Kier alpha value is -2.62. The first kappa shape index (κ1) is 15.8. The molecule has 0 unspecified atom stereocenters. The van der Waals surface area contributed by atoms with E-state index in [1.165, 1.54) is 5.56 Å². The van der Waals surface area contributed by atoms with Gasteiger partial charge in [-0.25, -0.2) is 5.43 Å². The van der Waals surface area contributed by atoms with Crippen LogP contribution < -0.4 is 10.2 Å². The summed E-state index contributed by atoms with van der Waals surface area (Å²) in [5.74, 6) is 0.377. The fourth-order valence-electron chi connectivity index (χ4n) is 1.89. The highest BCUT2D eigenvalue weighted by atomic mass is 16.5. The van der Waals surface area contributed by atoms with Crippen molar-refractivity contribution in [3.05, 3.63) is 65.7 Å². The summed E-state index contributed by atoms with van der Waals surface area (Å²) in [7, 11) is 0. The van der Waals surface area contributed by atoms with Gasteiger partial charge in [-0.15, -0.1) is 0 Å². The molecule has 0 radical (unpaired) electrons. The van der Waals surface area contributed by atoms with Crippen molar-refractivity contribution in [2.75, 3.05) is 6.61 Å². The van der Waals surface area contributed by atoms with Crippen molar-refractivity contribution >= 4 is 11.6 Å². The SMILES string of the molecule is CCc1ccc(/C(C)=N/NC(=O)COc2ccccc2)cc1. The van der Waals surface area contributed by atoms with Crippen LogP contribution in [0.1, 0.15) is 25.0 Å². The van der Waals surface area contributed by atoms with Crippen LogP contribution in [0.4, 0.5) is 0 Å². The first-order chi connectivity index (χ1) is 10.7. The number of hydrazone groups is 1. The lowest BCUT2D eigenvalue weighted by Gasteiger charge is -2.06. The monoisotopic (exact) mass is 296 g/mol. The Morgan fingerprint density at radius 2 is 1.77 bits per heavy atom. The minimum atomic E-state index is -0.284. The molecule has 0 bridgehead atoms. The van der Waals surface area contributed by atoms with Gasteiger partial charge in [0.05, 0.1) is 5.71 Å². The van der Waals surface area contributed by atoms with Gasteiger partial charge in [0.25, 0.3) is 5.91 Å². The molecular weight excluding hydrogens is 276 g/mol. The Morgan fingerprint density at radius 1 is 1.09 bits per heavy atom. The number of amides is 1. The van der Waals surface area contributed by atoms with Crippen LogP contribution in [0.3, 0.4) is 0 Å². The second kappa shape index (κ2) is 7.98. The molecule has 2 rings (SSSR count). The molecule has 0 aliphatic rings. The molecule has 0 aromatic heterocycles. The van der Waals surface area contributed by atoms with Gasteiger partial charge in [0.2, 0.25) is 0 Å². The van der Waals surface area contributed by atoms with Gasteiger partial charge in [0.15, 0.2) is 6.61 Å². The normalized spacial score (nSPS) is 11.1. The average Bonchev–Trinajstić information content (AvgIpc) is 2.58. The van der Waals surface area contributed by atoms with E-state index in [0.29, 0.717) is 5.75 Å². The Labute approximate surface area is 130 Å². The van der Waals surface area contributed by atoms with E-state index < -0.39 is 0 Å². The molecule has 2 aromatic carbocycles. The molecule has 4 nitrogen and oxygen atoms in total. The molecule has 0 fully saturated rings. The van der Waals surface area contributed by atoms with Gasteiger partial charge in [0, 0.05) is 0 Å². The minimum Gasteiger partial charge on any atom is -0.484 e. The van der Waals surface area contributed by atoms with Crippen LogP contribution in [0.15, 0.2) is 59.7 Å². The number of carbonyl (C=O) groups excluding carboxylic acids is 1. The highest BCUT2D eigenvalue weighted by molar-refractivity contribution is 5.99. The van der Waals surface area contributed by atoms with Crippen LogP contribution in [-0.4, -0.2) is 18.2 Å². The van der Waals surface area contributed by atoms with Crippen LogP contribution in [0.5, 0.6) is 5.75 Å². The number of hydrogen-bond acceptors (Lipinski definition) is 3. The van der Waals surface area contributed by atoms with Crippen molar-refractivity contribution in [3.8, 4) is 5.75 Å². The molecule has 0 saturated heterocycles. The number of rotatable bonds is 6. The number of nitrogens with zero attached hydrogens (tertiary/aromatic N) is 1. The topological polar surface area (TPSA) is 50.7 Å². The van der Waals surface area contributed by atoms with Gasteiger partial charge in [-0.2, -0.15) is 5.10 Å². The van der Waals surface area contributed by atoms with E-state index in [9.17, 15) is 4.79 Å². The highest BCUT2D eigenvalue weighted by Crippen LogP contribution is 2.08. The third-order valence-corrected chi connectivity index (χ3v) is 3.24. The summed E-state index contributed by atoms with van der Waals surface area (Å²) in [6.07, 6.45) is 1.00. The van der Waals surface area contributed by atoms with E-state index in [2.05, 4.69) is 29.6 Å². The smallest absolute Gasteiger partial charge is 0.277 e. The fraction of sp³-hybridized carbons (Fsp3) is 0.222. The summed E-state index contributed by atoms with van der Waals surface area (Å²) in [5.41, 5.74) is 5.53. The van der Waals surface area contributed by atoms with Gasteiger partial charge in [-0.3, -0.25) is 4.79 Å². The van der Waals surface area contributed by atoms with Gasteiger partial charge in [-0.05, 0) is 36.6 Å². The summed E-state index contributed by atoms with van der Waals surface area (Å²) >= 11 is 0. The molecule has 22 heavy (non-hydrogen) atoms. The van der Waals surface area contributed by atoms with Gasteiger partial charge in [-0.1, -0.05) is 49.4 Å². The number of nitrogens with one attached hydrogen (secondary N) is 1. The Bertz CT molecular complexity index is 634. The zero-order valence-corrected chi connectivity index (χ0v) is 12.9. The van der Waals surface area contributed by atoms with Crippen molar-refractivity contribution in [1.29, 1.82) is 0 Å². The predicted molar refractivity (Wildman–Crippen MR) is 88.1 cm³/mol. The number of para-hydroxylation sites is 1. The maximum absolute atomic E-state index is 11.7. The Morgan fingerprint density at radius 3 is 2.41 bits per heavy atom.